The first-order valence-corrected chi connectivity index (χ1v) is 5.18. The molecule has 2 N–H and O–H groups in total. The lowest BCUT2D eigenvalue weighted by Crippen LogP contribution is -2.14. The minimum absolute atomic E-state index is 0.00715. The van der Waals surface area contributed by atoms with Crippen molar-refractivity contribution >= 4 is 17.4 Å². The topological polar surface area (TPSA) is 101 Å². The summed E-state index contributed by atoms with van der Waals surface area (Å²) in [6, 6.07) is 7.50. The van der Waals surface area contributed by atoms with Gasteiger partial charge in [0.25, 0.3) is 5.69 Å². The zero-order valence-corrected chi connectivity index (χ0v) is 9.29. The van der Waals surface area contributed by atoms with Gasteiger partial charge < -0.3 is 5.32 Å². The number of nitro benzene ring substituents is 1. The summed E-state index contributed by atoms with van der Waals surface area (Å²) in [5, 5.41) is 19.4. The molecule has 2 aromatic rings. The average Bonchev–Trinajstić information content (AvgIpc) is 2.82. The number of amides is 1. The monoisotopic (exact) mass is 246 g/mol. The highest BCUT2D eigenvalue weighted by Crippen LogP contribution is 2.12. The van der Waals surface area contributed by atoms with Crippen molar-refractivity contribution < 1.29 is 9.72 Å². The molecule has 1 aromatic heterocycles. The first-order valence-electron chi connectivity index (χ1n) is 5.18. The molecular weight excluding hydrogens is 236 g/mol. The Morgan fingerprint density at radius 3 is 2.61 bits per heavy atom. The van der Waals surface area contributed by atoms with Crippen molar-refractivity contribution in [1.29, 1.82) is 0 Å². The van der Waals surface area contributed by atoms with Gasteiger partial charge in [-0.25, -0.2) is 0 Å². The van der Waals surface area contributed by atoms with E-state index in [1.165, 1.54) is 18.3 Å². The Hall–Kier alpha value is -2.70. The second kappa shape index (κ2) is 5.09. The van der Waals surface area contributed by atoms with Gasteiger partial charge in [0, 0.05) is 18.2 Å². The van der Waals surface area contributed by atoms with E-state index in [1.807, 2.05) is 0 Å². The molecule has 0 aliphatic carbocycles. The van der Waals surface area contributed by atoms with Crippen LogP contribution in [-0.4, -0.2) is 21.0 Å². The van der Waals surface area contributed by atoms with Gasteiger partial charge in [0.15, 0.2) is 0 Å². The first-order chi connectivity index (χ1) is 8.65. The van der Waals surface area contributed by atoms with Crippen molar-refractivity contribution in [2.45, 2.75) is 6.42 Å². The molecule has 7 nitrogen and oxygen atoms in total. The molecule has 0 aliphatic rings. The number of aromatic amines is 1. The van der Waals surface area contributed by atoms with Gasteiger partial charge in [-0.15, -0.1) is 0 Å². The normalized spacial score (nSPS) is 10.0. The van der Waals surface area contributed by atoms with Gasteiger partial charge >= 0.3 is 0 Å². The summed E-state index contributed by atoms with van der Waals surface area (Å²) in [6.07, 6.45) is 1.68. The third-order valence-electron chi connectivity index (χ3n) is 2.29. The molecule has 1 aromatic carbocycles. The molecule has 7 heteroatoms. The van der Waals surface area contributed by atoms with E-state index in [0.717, 1.165) is 0 Å². The minimum atomic E-state index is -0.478. The van der Waals surface area contributed by atoms with E-state index in [2.05, 4.69) is 15.5 Å². The molecule has 0 atom stereocenters. The molecule has 92 valence electrons. The molecular formula is C11H10N4O3. The Morgan fingerprint density at radius 2 is 2.06 bits per heavy atom. The van der Waals surface area contributed by atoms with Gasteiger partial charge in [-0.2, -0.15) is 5.10 Å². The van der Waals surface area contributed by atoms with Crippen LogP contribution in [0.3, 0.4) is 0 Å². The van der Waals surface area contributed by atoms with E-state index in [9.17, 15) is 14.9 Å². The molecule has 1 heterocycles. The number of nitro groups is 1. The number of H-pyrrole nitrogens is 1. The van der Waals surface area contributed by atoms with Crippen LogP contribution in [0.1, 0.15) is 5.56 Å². The minimum Gasteiger partial charge on any atom is -0.311 e. The summed E-state index contributed by atoms with van der Waals surface area (Å²) in [5.41, 5.74) is 0.713. The highest BCUT2D eigenvalue weighted by molar-refractivity contribution is 5.91. The lowest BCUT2D eigenvalue weighted by Gasteiger charge is -2.02. The van der Waals surface area contributed by atoms with Gasteiger partial charge in [-0.05, 0) is 5.56 Å². The second-order valence-corrected chi connectivity index (χ2v) is 3.62. The van der Waals surface area contributed by atoms with Crippen LogP contribution < -0.4 is 5.32 Å². The van der Waals surface area contributed by atoms with Crippen LogP contribution in [0.25, 0.3) is 0 Å². The second-order valence-electron chi connectivity index (χ2n) is 3.62. The summed E-state index contributed by atoms with van der Waals surface area (Å²) < 4.78 is 0. The molecule has 0 fully saturated rings. The van der Waals surface area contributed by atoms with Crippen molar-refractivity contribution in [3.63, 3.8) is 0 Å². The quantitative estimate of drug-likeness (QED) is 0.630. The standard InChI is InChI=1S/C11H10N4O3/c16-11(13-10-5-6-12-14-10)7-8-1-3-9(4-2-8)15(17)18/h1-6H,7H2,(H2,12,13,14,16). The van der Waals surface area contributed by atoms with Crippen LogP contribution in [-0.2, 0) is 11.2 Å². The Labute approximate surface area is 102 Å². The number of benzene rings is 1. The zero-order chi connectivity index (χ0) is 13.0. The van der Waals surface area contributed by atoms with Crippen molar-refractivity contribution in [3.8, 4) is 0 Å². The summed E-state index contributed by atoms with van der Waals surface area (Å²) in [5.74, 6) is 0.301. The van der Waals surface area contributed by atoms with Crippen LogP contribution in [0, 0.1) is 10.1 Å². The Balaban J connectivity index is 1.97. The predicted molar refractivity (Wildman–Crippen MR) is 64.0 cm³/mol. The third-order valence-corrected chi connectivity index (χ3v) is 2.29. The smallest absolute Gasteiger partial charge is 0.269 e. The van der Waals surface area contributed by atoms with E-state index in [0.29, 0.717) is 11.4 Å². The fourth-order valence-electron chi connectivity index (χ4n) is 1.44. The zero-order valence-electron chi connectivity index (χ0n) is 9.29. The summed E-state index contributed by atoms with van der Waals surface area (Å²) in [4.78, 5) is 21.6. The SMILES string of the molecule is O=C(Cc1ccc([N+](=O)[O-])cc1)Nc1ccn[nH]1. The molecule has 0 saturated carbocycles. The number of hydrogen-bond acceptors (Lipinski definition) is 4. The number of carbonyl (C=O) groups excluding carboxylic acids is 1. The van der Waals surface area contributed by atoms with Crippen LogP contribution >= 0.6 is 0 Å². The predicted octanol–water partition coefficient (Wildman–Crippen LogP) is 1.50. The van der Waals surface area contributed by atoms with E-state index in [-0.39, 0.29) is 18.0 Å². The van der Waals surface area contributed by atoms with Crippen molar-refractivity contribution in [2.24, 2.45) is 0 Å². The lowest BCUT2D eigenvalue weighted by molar-refractivity contribution is -0.384. The van der Waals surface area contributed by atoms with Gasteiger partial charge in [-0.1, -0.05) is 12.1 Å². The van der Waals surface area contributed by atoms with E-state index in [4.69, 9.17) is 0 Å². The van der Waals surface area contributed by atoms with E-state index in [1.54, 1.807) is 18.2 Å². The van der Waals surface area contributed by atoms with Crippen molar-refractivity contribution in [1.82, 2.24) is 10.2 Å². The number of aromatic nitrogens is 2. The van der Waals surface area contributed by atoms with Crippen molar-refractivity contribution in [3.05, 3.63) is 52.2 Å². The van der Waals surface area contributed by atoms with E-state index >= 15 is 0 Å². The molecule has 2 rings (SSSR count). The number of anilines is 1. The summed E-state index contributed by atoms with van der Waals surface area (Å²) in [6.45, 7) is 0. The fourth-order valence-corrected chi connectivity index (χ4v) is 1.44. The fraction of sp³-hybridized carbons (Fsp3) is 0.0909. The third kappa shape index (κ3) is 2.91. The van der Waals surface area contributed by atoms with Crippen LogP contribution in [0.2, 0.25) is 0 Å². The molecule has 0 bridgehead atoms. The molecule has 0 saturated heterocycles. The van der Waals surface area contributed by atoms with Crippen molar-refractivity contribution in [2.75, 3.05) is 5.32 Å². The highest BCUT2D eigenvalue weighted by atomic mass is 16.6. The molecule has 0 radical (unpaired) electrons. The molecule has 0 aliphatic heterocycles. The number of nitrogens with one attached hydrogen (secondary N) is 2. The van der Waals surface area contributed by atoms with Gasteiger partial charge in [0.05, 0.1) is 17.5 Å². The van der Waals surface area contributed by atoms with E-state index < -0.39 is 4.92 Å². The lowest BCUT2D eigenvalue weighted by atomic mass is 10.1. The van der Waals surface area contributed by atoms with Crippen LogP contribution in [0.15, 0.2) is 36.5 Å². The molecule has 0 spiro atoms. The number of rotatable bonds is 4. The maximum Gasteiger partial charge on any atom is 0.269 e. The summed E-state index contributed by atoms with van der Waals surface area (Å²) in [7, 11) is 0. The Morgan fingerprint density at radius 1 is 1.33 bits per heavy atom. The number of nitrogens with zero attached hydrogens (tertiary/aromatic N) is 2. The maximum absolute atomic E-state index is 11.6. The largest absolute Gasteiger partial charge is 0.311 e. The number of non-ortho nitro benzene ring substituents is 1. The van der Waals surface area contributed by atoms with Gasteiger partial charge in [0.1, 0.15) is 5.82 Å². The first kappa shape index (κ1) is 11.8. The highest BCUT2D eigenvalue weighted by Gasteiger charge is 2.07. The number of hydrogen-bond donors (Lipinski definition) is 2. The molecule has 18 heavy (non-hydrogen) atoms. The molecule has 1 amide bonds. The maximum atomic E-state index is 11.6. The van der Waals surface area contributed by atoms with Gasteiger partial charge in [-0.3, -0.25) is 20.0 Å². The Bertz CT molecular complexity index is 548. The summed E-state index contributed by atoms with van der Waals surface area (Å²) >= 11 is 0. The molecule has 0 unspecified atom stereocenters. The van der Waals surface area contributed by atoms with Crippen LogP contribution in [0.4, 0.5) is 11.5 Å². The van der Waals surface area contributed by atoms with Gasteiger partial charge in [0.2, 0.25) is 5.91 Å². The Kier molecular flexibility index (Phi) is 3.33. The van der Waals surface area contributed by atoms with Crippen LogP contribution in [0.5, 0.6) is 0 Å². The average molecular weight is 246 g/mol. The number of carbonyl (C=O) groups is 1.